The van der Waals surface area contributed by atoms with Gasteiger partial charge in [0.2, 0.25) is 5.91 Å². The van der Waals surface area contributed by atoms with E-state index in [2.05, 4.69) is 29.1 Å². The number of hydrogen-bond acceptors (Lipinski definition) is 4. The molecule has 0 unspecified atom stereocenters. The van der Waals surface area contributed by atoms with Crippen LogP contribution in [0.5, 0.6) is 0 Å². The van der Waals surface area contributed by atoms with Gasteiger partial charge in [0.05, 0.1) is 11.4 Å². The van der Waals surface area contributed by atoms with Crippen molar-refractivity contribution < 1.29 is 4.79 Å². The number of aromatic nitrogens is 2. The van der Waals surface area contributed by atoms with Crippen molar-refractivity contribution in [3.8, 4) is 11.3 Å². The summed E-state index contributed by atoms with van der Waals surface area (Å²) < 4.78 is 0. The van der Waals surface area contributed by atoms with Crippen molar-refractivity contribution in [3.05, 3.63) is 42.1 Å². The zero-order valence-corrected chi connectivity index (χ0v) is 14.9. The molecule has 2 rings (SSSR count). The van der Waals surface area contributed by atoms with Crippen molar-refractivity contribution in [3.63, 3.8) is 0 Å². The van der Waals surface area contributed by atoms with Gasteiger partial charge in [0.15, 0.2) is 5.16 Å². The molecule has 5 heteroatoms. The lowest BCUT2D eigenvalue weighted by Gasteiger charge is -2.17. The highest BCUT2D eigenvalue weighted by Gasteiger charge is 2.12. The molecule has 0 aliphatic heterocycles. The first-order valence-corrected chi connectivity index (χ1v) is 8.77. The first kappa shape index (κ1) is 17.5. The SMILES string of the molecule is Cc1cc(-c2ccccc2)nc(SCC(=O)N[C@H](C)C(C)C)n1. The van der Waals surface area contributed by atoms with Crippen molar-refractivity contribution in [2.45, 2.75) is 38.9 Å². The molecule has 0 aliphatic rings. The van der Waals surface area contributed by atoms with E-state index in [0.29, 0.717) is 16.8 Å². The molecule has 0 spiro atoms. The van der Waals surface area contributed by atoms with E-state index < -0.39 is 0 Å². The van der Waals surface area contributed by atoms with Gasteiger partial charge in [-0.3, -0.25) is 4.79 Å². The van der Waals surface area contributed by atoms with Crippen LogP contribution in [0.2, 0.25) is 0 Å². The number of nitrogens with one attached hydrogen (secondary N) is 1. The Hall–Kier alpha value is -1.88. The number of carbonyl (C=O) groups excluding carboxylic acids is 1. The minimum absolute atomic E-state index is 0.0163. The predicted octanol–water partition coefficient (Wildman–Crippen LogP) is 3.70. The molecule has 23 heavy (non-hydrogen) atoms. The van der Waals surface area contributed by atoms with E-state index in [1.54, 1.807) is 0 Å². The molecule has 1 N–H and O–H groups in total. The predicted molar refractivity (Wildman–Crippen MR) is 95.4 cm³/mol. The summed E-state index contributed by atoms with van der Waals surface area (Å²) in [6, 6.07) is 12.1. The number of aryl methyl sites for hydroxylation is 1. The van der Waals surface area contributed by atoms with Crippen LogP contribution in [0, 0.1) is 12.8 Å². The van der Waals surface area contributed by atoms with Gasteiger partial charge >= 0.3 is 0 Å². The molecule has 1 amide bonds. The van der Waals surface area contributed by atoms with Crippen LogP contribution in [0.4, 0.5) is 0 Å². The number of thioether (sulfide) groups is 1. The number of hydrogen-bond donors (Lipinski definition) is 1. The summed E-state index contributed by atoms with van der Waals surface area (Å²) in [7, 11) is 0. The Morgan fingerprint density at radius 2 is 1.87 bits per heavy atom. The molecule has 0 fully saturated rings. The standard InChI is InChI=1S/C18H23N3OS/c1-12(2)14(4)20-17(22)11-23-18-19-13(3)10-16(21-18)15-8-6-5-7-9-15/h5-10,12,14H,11H2,1-4H3,(H,20,22)/t14-/m1/s1. The number of nitrogens with zero attached hydrogens (tertiary/aromatic N) is 2. The number of carbonyl (C=O) groups is 1. The van der Waals surface area contributed by atoms with Crippen molar-refractivity contribution >= 4 is 17.7 Å². The molecule has 0 radical (unpaired) electrons. The van der Waals surface area contributed by atoms with Crippen LogP contribution in [0.25, 0.3) is 11.3 Å². The molecular formula is C18H23N3OS. The summed E-state index contributed by atoms with van der Waals surface area (Å²) >= 11 is 1.37. The average molecular weight is 329 g/mol. The summed E-state index contributed by atoms with van der Waals surface area (Å²) in [6.07, 6.45) is 0. The van der Waals surface area contributed by atoms with Crippen LogP contribution < -0.4 is 5.32 Å². The molecule has 0 bridgehead atoms. The summed E-state index contributed by atoms with van der Waals surface area (Å²) in [6.45, 7) is 8.14. The first-order chi connectivity index (χ1) is 11.0. The van der Waals surface area contributed by atoms with Gasteiger partial charge < -0.3 is 5.32 Å². The Bertz CT molecular complexity index is 659. The lowest BCUT2D eigenvalue weighted by Crippen LogP contribution is -2.37. The Balaban J connectivity index is 2.04. The first-order valence-electron chi connectivity index (χ1n) is 7.79. The summed E-state index contributed by atoms with van der Waals surface area (Å²) in [5.41, 5.74) is 2.84. The van der Waals surface area contributed by atoms with E-state index in [4.69, 9.17) is 0 Å². The molecule has 2 aromatic rings. The monoisotopic (exact) mass is 329 g/mol. The lowest BCUT2D eigenvalue weighted by atomic mass is 10.1. The second kappa shape index (κ2) is 8.11. The molecule has 1 aromatic carbocycles. The van der Waals surface area contributed by atoms with Crippen LogP contribution >= 0.6 is 11.8 Å². The van der Waals surface area contributed by atoms with Crippen LogP contribution in [-0.4, -0.2) is 27.7 Å². The maximum absolute atomic E-state index is 12.0. The van der Waals surface area contributed by atoms with Crippen LogP contribution in [0.1, 0.15) is 26.5 Å². The smallest absolute Gasteiger partial charge is 0.230 e. The second-order valence-electron chi connectivity index (χ2n) is 5.93. The molecule has 4 nitrogen and oxygen atoms in total. The van der Waals surface area contributed by atoms with Gasteiger partial charge in [0.1, 0.15) is 0 Å². The highest BCUT2D eigenvalue weighted by molar-refractivity contribution is 7.99. The highest BCUT2D eigenvalue weighted by atomic mass is 32.2. The maximum Gasteiger partial charge on any atom is 0.230 e. The van der Waals surface area contributed by atoms with Crippen LogP contribution in [0.15, 0.2) is 41.6 Å². The van der Waals surface area contributed by atoms with Crippen molar-refractivity contribution in [2.75, 3.05) is 5.75 Å². The molecule has 1 atom stereocenters. The maximum atomic E-state index is 12.0. The van der Waals surface area contributed by atoms with E-state index in [1.165, 1.54) is 11.8 Å². The molecule has 122 valence electrons. The number of amides is 1. The van der Waals surface area contributed by atoms with E-state index >= 15 is 0 Å². The highest BCUT2D eigenvalue weighted by Crippen LogP contribution is 2.21. The summed E-state index contributed by atoms with van der Waals surface area (Å²) in [5.74, 6) is 0.765. The molecule has 0 aliphatic carbocycles. The average Bonchev–Trinajstić information content (AvgIpc) is 2.53. The van der Waals surface area contributed by atoms with Gasteiger partial charge in [-0.25, -0.2) is 9.97 Å². The number of rotatable bonds is 6. The largest absolute Gasteiger partial charge is 0.353 e. The van der Waals surface area contributed by atoms with Gasteiger partial charge in [-0.1, -0.05) is 55.9 Å². The molecule has 0 saturated carbocycles. The third-order valence-corrected chi connectivity index (χ3v) is 4.47. The fraction of sp³-hybridized carbons (Fsp3) is 0.389. The normalized spacial score (nSPS) is 12.2. The fourth-order valence-electron chi connectivity index (χ4n) is 1.96. The third-order valence-electron chi connectivity index (χ3n) is 3.62. The molecule has 1 heterocycles. The fourth-order valence-corrected chi connectivity index (χ4v) is 2.67. The Morgan fingerprint density at radius 1 is 1.17 bits per heavy atom. The second-order valence-corrected chi connectivity index (χ2v) is 6.87. The van der Waals surface area contributed by atoms with Gasteiger partial charge in [-0.2, -0.15) is 0 Å². The van der Waals surface area contributed by atoms with E-state index in [1.807, 2.05) is 50.2 Å². The van der Waals surface area contributed by atoms with Crippen LogP contribution in [-0.2, 0) is 4.79 Å². The Kier molecular flexibility index (Phi) is 6.16. The van der Waals surface area contributed by atoms with E-state index in [0.717, 1.165) is 17.0 Å². The topological polar surface area (TPSA) is 54.9 Å². The van der Waals surface area contributed by atoms with E-state index in [9.17, 15) is 4.79 Å². The number of benzene rings is 1. The van der Waals surface area contributed by atoms with Gasteiger partial charge in [-0.15, -0.1) is 0 Å². The zero-order chi connectivity index (χ0) is 16.8. The minimum Gasteiger partial charge on any atom is -0.353 e. The van der Waals surface area contributed by atoms with Crippen molar-refractivity contribution in [1.82, 2.24) is 15.3 Å². The Labute approximate surface area is 142 Å². The third kappa shape index (κ3) is 5.36. The lowest BCUT2D eigenvalue weighted by molar-refractivity contribution is -0.119. The Morgan fingerprint density at radius 3 is 2.52 bits per heavy atom. The van der Waals surface area contributed by atoms with Gasteiger partial charge in [0.25, 0.3) is 0 Å². The van der Waals surface area contributed by atoms with Crippen molar-refractivity contribution in [1.29, 1.82) is 0 Å². The van der Waals surface area contributed by atoms with Crippen LogP contribution in [0.3, 0.4) is 0 Å². The molecular weight excluding hydrogens is 306 g/mol. The summed E-state index contributed by atoms with van der Waals surface area (Å²) in [5, 5.41) is 3.63. The molecule has 0 saturated heterocycles. The van der Waals surface area contributed by atoms with E-state index in [-0.39, 0.29) is 11.9 Å². The quantitative estimate of drug-likeness (QED) is 0.648. The molecule has 1 aromatic heterocycles. The van der Waals surface area contributed by atoms with Gasteiger partial charge in [-0.05, 0) is 25.8 Å². The van der Waals surface area contributed by atoms with Gasteiger partial charge in [0, 0.05) is 17.3 Å². The zero-order valence-electron chi connectivity index (χ0n) is 14.0. The summed E-state index contributed by atoms with van der Waals surface area (Å²) in [4.78, 5) is 21.0. The van der Waals surface area contributed by atoms with Crippen molar-refractivity contribution in [2.24, 2.45) is 5.92 Å². The minimum atomic E-state index is 0.0163.